The van der Waals surface area contributed by atoms with Crippen LogP contribution in [0.3, 0.4) is 0 Å². The van der Waals surface area contributed by atoms with E-state index >= 15 is 0 Å². The molecule has 1 aliphatic rings. The van der Waals surface area contributed by atoms with Gasteiger partial charge in [0.05, 0.1) is 4.11 Å². The molecule has 0 spiro atoms. The van der Waals surface area contributed by atoms with Gasteiger partial charge in [0.15, 0.2) is 11.5 Å². The predicted octanol–water partition coefficient (Wildman–Crippen LogP) is 1.57. The summed E-state index contributed by atoms with van der Waals surface area (Å²) in [5, 5.41) is 2.71. The van der Waals surface area contributed by atoms with E-state index in [0.717, 1.165) is 0 Å². The molecule has 76 valence electrons. The average molecular weight is 200 g/mol. The lowest BCUT2D eigenvalue weighted by Crippen LogP contribution is -2.23. The summed E-state index contributed by atoms with van der Waals surface area (Å²) in [5.74, 6) is -0.685. The monoisotopic (exact) mass is 200 g/mol. The summed E-state index contributed by atoms with van der Waals surface area (Å²) in [6.45, 7) is -0.979. The van der Waals surface area contributed by atoms with Crippen molar-refractivity contribution in [3.8, 4) is 11.5 Å². The Morgan fingerprint density at radius 1 is 1.64 bits per heavy atom. The Morgan fingerprint density at radius 3 is 3.21 bits per heavy atom. The molecule has 1 aromatic carbocycles. The SMILES string of the molecule is [2H]c1c([2H])c(C([2H])([2H])C(C)NC)c([2H])c2c1OC([2H])([2H])O2. The van der Waals surface area contributed by atoms with E-state index in [2.05, 4.69) is 5.32 Å². The van der Waals surface area contributed by atoms with Crippen LogP contribution in [0.15, 0.2) is 18.1 Å². The van der Waals surface area contributed by atoms with Crippen LogP contribution in [0.1, 0.15) is 22.1 Å². The molecule has 1 atom stereocenters. The van der Waals surface area contributed by atoms with E-state index in [1.807, 2.05) is 0 Å². The quantitative estimate of drug-likeness (QED) is 0.803. The molecule has 2 rings (SSSR count). The zero-order chi connectivity index (χ0) is 16.2. The van der Waals surface area contributed by atoms with Crippen LogP contribution < -0.4 is 14.8 Å². The molecule has 1 aliphatic heterocycles. The van der Waals surface area contributed by atoms with E-state index in [1.165, 1.54) is 0 Å². The second-order valence-corrected chi connectivity index (χ2v) is 2.85. The van der Waals surface area contributed by atoms with Crippen LogP contribution in [0, 0.1) is 0 Å². The number of hydrogen-bond donors (Lipinski definition) is 1. The third-order valence-electron chi connectivity index (χ3n) is 1.83. The predicted molar refractivity (Wildman–Crippen MR) is 54.8 cm³/mol. The van der Waals surface area contributed by atoms with Crippen LogP contribution in [-0.4, -0.2) is 19.8 Å². The molecule has 0 radical (unpaired) electrons. The van der Waals surface area contributed by atoms with Crippen LogP contribution in [0.2, 0.25) is 0 Å². The number of hydrogen-bond acceptors (Lipinski definition) is 3. The summed E-state index contributed by atoms with van der Waals surface area (Å²) >= 11 is 0. The molecule has 0 bridgehead atoms. The maximum atomic E-state index is 8.10. The first-order valence-electron chi connectivity index (χ1n) is 7.72. The number of fused-ring (bicyclic) bond motifs is 1. The summed E-state index contributed by atoms with van der Waals surface area (Å²) in [4.78, 5) is 0. The minimum absolute atomic E-state index is 0.325. The van der Waals surface area contributed by atoms with E-state index in [0.29, 0.717) is 0 Å². The summed E-state index contributed by atoms with van der Waals surface area (Å²) in [5.41, 5.74) is -0.325. The Kier molecular flexibility index (Phi) is 1.14. The van der Waals surface area contributed by atoms with E-state index in [4.69, 9.17) is 19.1 Å². The van der Waals surface area contributed by atoms with Crippen LogP contribution in [0.5, 0.6) is 11.5 Å². The van der Waals surface area contributed by atoms with Crippen LogP contribution in [0.4, 0.5) is 0 Å². The van der Waals surface area contributed by atoms with Gasteiger partial charge in [0, 0.05) is 8.78 Å². The van der Waals surface area contributed by atoms with E-state index in [1.54, 1.807) is 14.0 Å². The lowest BCUT2D eigenvalue weighted by Gasteiger charge is -2.09. The van der Waals surface area contributed by atoms with Gasteiger partial charge in [-0.3, -0.25) is 0 Å². The third-order valence-corrected chi connectivity index (χ3v) is 1.83. The van der Waals surface area contributed by atoms with Crippen molar-refractivity contribution >= 4 is 0 Å². The number of benzene rings is 1. The van der Waals surface area contributed by atoms with E-state index in [-0.39, 0.29) is 17.1 Å². The molecular formula is C11H15NO2. The van der Waals surface area contributed by atoms with Crippen LogP contribution in [0.25, 0.3) is 0 Å². The van der Waals surface area contributed by atoms with Gasteiger partial charge in [0.25, 0.3) is 0 Å². The molecule has 1 heterocycles. The summed E-state index contributed by atoms with van der Waals surface area (Å²) in [6.07, 6.45) is -2.10. The third kappa shape index (κ3) is 1.82. The summed E-state index contributed by atoms with van der Waals surface area (Å²) in [7, 11) is 1.54. The fraction of sp³-hybridized carbons (Fsp3) is 0.455. The van der Waals surface area contributed by atoms with Crippen molar-refractivity contribution in [1.29, 1.82) is 0 Å². The first-order chi connectivity index (χ1) is 9.53. The molecule has 3 heteroatoms. The van der Waals surface area contributed by atoms with Gasteiger partial charge >= 0.3 is 0 Å². The van der Waals surface area contributed by atoms with Crippen molar-refractivity contribution in [2.24, 2.45) is 0 Å². The second kappa shape index (κ2) is 3.88. The van der Waals surface area contributed by atoms with Gasteiger partial charge in [0.1, 0.15) is 2.74 Å². The number of nitrogens with one attached hydrogen (secondary N) is 1. The maximum Gasteiger partial charge on any atom is 0.231 e. The smallest absolute Gasteiger partial charge is 0.231 e. The number of likely N-dealkylation sites (N-methyl/N-ethyl adjacent to an activating group) is 1. The molecule has 0 fully saturated rings. The van der Waals surface area contributed by atoms with Gasteiger partial charge in [0.2, 0.25) is 6.75 Å². The molecule has 1 aromatic rings. The van der Waals surface area contributed by atoms with Crippen LogP contribution in [-0.2, 0) is 6.37 Å². The molecule has 0 saturated heterocycles. The Morgan fingerprint density at radius 2 is 2.43 bits per heavy atom. The van der Waals surface area contributed by atoms with Crippen molar-refractivity contribution in [3.63, 3.8) is 0 Å². The van der Waals surface area contributed by atoms with Crippen molar-refractivity contribution in [2.45, 2.75) is 19.3 Å². The van der Waals surface area contributed by atoms with E-state index in [9.17, 15) is 0 Å². The number of rotatable bonds is 3. The first kappa shape index (κ1) is 4.11. The lowest BCUT2D eigenvalue weighted by atomic mass is 10.1. The molecule has 1 unspecified atom stereocenters. The topological polar surface area (TPSA) is 30.5 Å². The van der Waals surface area contributed by atoms with Crippen molar-refractivity contribution in [3.05, 3.63) is 23.7 Å². The van der Waals surface area contributed by atoms with Gasteiger partial charge in [-0.05, 0) is 38.0 Å². The first-order valence-corrected chi connectivity index (χ1v) is 4.22. The average Bonchev–Trinajstić information content (AvgIpc) is 2.71. The molecule has 0 saturated carbocycles. The van der Waals surface area contributed by atoms with Gasteiger partial charge in [-0.2, -0.15) is 0 Å². The zero-order valence-electron chi connectivity index (χ0n) is 14.9. The van der Waals surface area contributed by atoms with Gasteiger partial charge in [-0.15, -0.1) is 0 Å². The normalized spacial score (nSPS) is 27.4. The Balaban J connectivity index is 2.69. The summed E-state index contributed by atoms with van der Waals surface area (Å²) < 4.78 is 64.4. The molecule has 14 heavy (non-hydrogen) atoms. The maximum absolute atomic E-state index is 8.10. The molecule has 1 N–H and O–H groups in total. The van der Waals surface area contributed by atoms with Gasteiger partial charge < -0.3 is 14.8 Å². The highest BCUT2D eigenvalue weighted by Crippen LogP contribution is 2.32. The molecule has 0 amide bonds. The fourth-order valence-corrected chi connectivity index (χ4v) is 0.986. The van der Waals surface area contributed by atoms with Gasteiger partial charge in [-0.25, -0.2) is 0 Å². The fourth-order valence-electron chi connectivity index (χ4n) is 0.986. The largest absolute Gasteiger partial charge is 0.454 e. The van der Waals surface area contributed by atoms with Crippen molar-refractivity contribution in [2.75, 3.05) is 13.8 Å². The van der Waals surface area contributed by atoms with Crippen molar-refractivity contribution < 1.29 is 19.1 Å². The highest BCUT2D eigenvalue weighted by atomic mass is 16.7. The molecule has 0 aromatic heterocycles. The molecule has 3 nitrogen and oxygen atoms in total. The lowest BCUT2D eigenvalue weighted by molar-refractivity contribution is 0.174. The standard InChI is InChI=1S/C11H15NO2/c1-8(12-2)5-9-3-4-10-11(6-9)14-7-13-10/h3-4,6,8,12H,5,7H2,1-2H3/i3D,4D,5D2,6D,7D2. The number of ether oxygens (including phenoxy) is 2. The summed E-state index contributed by atoms with van der Waals surface area (Å²) in [6, 6.07) is -2.20. The van der Waals surface area contributed by atoms with Gasteiger partial charge in [-0.1, -0.05) is 6.04 Å². The minimum atomic E-state index is -2.53. The van der Waals surface area contributed by atoms with Crippen LogP contribution >= 0.6 is 0 Å². The van der Waals surface area contributed by atoms with Crippen molar-refractivity contribution in [1.82, 2.24) is 5.32 Å². The Bertz CT molecular complexity index is 591. The molecular weight excluding hydrogens is 178 g/mol. The van der Waals surface area contributed by atoms with E-state index < -0.39 is 37.3 Å². The second-order valence-electron chi connectivity index (χ2n) is 2.85. The Labute approximate surface area is 93.9 Å². The highest BCUT2D eigenvalue weighted by molar-refractivity contribution is 5.44. The minimum Gasteiger partial charge on any atom is -0.454 e. The zero-order valence-corrected chi connectivity index (χ0v) is 7.89. The Hall–Kier alpha value is -1.22. The highest BCUT2D eigenvalue weighted by Gasteiger charge is 2.13. The molecule has 0 aliphatic carbocycles.